The van der Waals surface area contributed by atoms with Crippen LogP contribution in [0.15, 0.2) is 60.0 Å². The molecule has 3 aromatic rings. The SMILES string of the molecule is CCP(=O)(O)C(C)(C)Cc1ccc(C(=O)Nc2cc(-c3cccs3)ccc2N)cc1. The lowest BCUT2D eigenvalue weighted by Gasteiger charge is -2.29. The summed E-state index contributed by atoms with van der Waals surface area (Å²) in [6.07, 6.45) is 0.707. The Hall–Kier alpha value is -2.40. The molecule has 1 unspecified atom stereocenters. The summed E-state index contributed by atoms with van der Waals surface area (Å²) in [6, 6.07) is 16.7. The lowest BCUT2D eigenvalue weighted by molar-refractivity contribution is 0.102. The predicted molar refractivity (Wildman–Crippen MR) is 127 cm³/mol. The van der Waals surface area contributed by atoms with Gasteiger partial charge in [0, 0.05) is 21.8 Å². The van der Waals surface area contributed by atoms with E-state index in [1.807, 2.05) is 41.8 Å². The summed E-state index contributed by atoms with van der Waals surface area (Å²) in [6.45, 7) is 5.34. The molecule has 0 saturated heterocycles. The van der Waals surface area contributed by atoms with Gasteiger partial charge in [0.1, 0.15) is 0 Å². The number of hydrogen-bond donors (Lipinski definition) is 3. The van der Waals surface area contributed by atoms with Gasteiger partial charge in [0.25, 0.3) is 5.91 Å². The lowest BCUT2D eigenvalue weighted by Crippen LogP contribution is -2.24. The summed E-state index contributed by atoms with van der Waals surface area (Å²) in [5.41, 5.74) is 9.54. The first-order valence-electron chi connectivity index (χ1n) is 9.78. The zero-order valence-electron chi connectivity index (χ0n) is 17.4. The molecular formula is C23H27N2O3PS. The zero-order valence-corrected chi connectivity index (χ0v) is 19.1. The second-order valence-electron chi connectivity index (χ2n) is 7.94. The largest absolute Gasteiger partial charge is 0.397 e. The Morgan fingerprint density at radius 2 is 1.87 bits per heavy atom. The van der Waals surface area contributed by atoms with Gasteiger partial charge in [0.05, 0.1) is 11.4 Å². The highest BCUT2D eigenvalue weighted by molar-refractivity contribution is 7.59. The first-order valence-corrected chi connectivity index (χ1v) is 12.5. The fraction of sp³-hybridized carbons (Fsp3) is 0.261. The van der Waals surface area contributed by atoms with E-state index >= 15 is 0 Å². The van der Waals surface area contributed by atoms with E-state index in [0.29, 0.717) is 23.4 Å². The third-order valence-corrected chi connectivity index (χ3v) is 9.16. The number of nitrogens with one attached hydrogen (secondary N) is 1. The third kappa shape index (κ3) is 4.84. The molecule has 158 valence electrons. The standard InChI is InChI=1S/C23H27N2O3PS/c1-4-29(27,28)23(2,3)15-16-7-9-17(10-8-16)22(26)25-20-14-18(11-12-19(20)24)21-6-5-13-30-21/h5-14H,4,15,24H2,1-3H3,(H,25,26)(H,27,28). The molecule has 30 heavy (non-hydrogen) atoms. The van der Waals surface area contributed by atoms with Crippen LogP contribution in [-0.4, -0.2) is 22.1 Å². The topological polar surface area (TPSA) is 92.4 Å². The summed E-state index contributed by atoms with van der Waals surface area (Å²) in [4.78, 5) is 24.0. The second kappa shape index (κ2) is 8.76. The van der Waals surface area contributed by atoms with Crippen molar-refractivity contribution >= 4 is 36.0 Å². The number of benzene rings is 2. The Kier molecular flexibility index (Phi) is 6.51. The van der Waals surface area contributed by atoms with E-state index in [-0.39, 0.29) is 12.1 Å². The van der Waals surface area contributed by atoms with Gasteiger partial charge < -0.3 is 15.9 Å². The van der Waals surface area contributed by atoms with Crippen LogP contribution in [-0.2, 0) is 11.0 Å². The maximum atomic E-state index is 12.7. The molecule has 0 radical (unpaired) electrons. The molecule has 0 aliphatic heterocycles. The van der Waals surface area contributed by atoms with E-state index in [0.717, 1.165) is 16.0 Å². The van der Waals surface area contributed by atoms with Gasteiger partial charge in [0.15, 0.2) is 0 Å². The summed E-state index contributed by atoms with van der Waals surface area (Å²) in [7, 11) is -3.24. The zero-order chi connectivity index (χ0) is 21.9. The van der Waals surface area contributed by atoms with E-state index in [1.165, 1.54) is 0 Å². The number of hydrogen-bond acceptors (Lipinski definition) is 4. The van der Waals surface area contributed by atoms with Gasteiger partial charge in [-0.2, -0.15) is 0 Å². The Bertz CT molecular complexity index is 1080. The minimum atomic E-state index is -3.24. The van der Waals surface area contributed by atoms with Crippen LogP contribution >= 0.6 is 18.7 Å². The van der Waals surface area contributed by atoms with Gasteiger partial charge in [-0.15, -0.1) is 11.3 Å². The van der Waals surface area contributed by atoms with Gasteiger partial charge in [-0.3, -0.25) is 9.36 Å². The number of carbonyl (C=O) groups is 1. The maximum absolute atomic E-state index is 12.7. The normalized spacial score (nSPS) is 13.6. The Morgan fingerprint density at radius 1 is 1.17 bits per heavy atom. The van der Waals surface area contributed by atoms with Crippen LogP contribution in [0, 0.1) is 0 Å². The molecule has 4 N–H and O–H groups in total. The van der Waals surface area contributed by atoms with E-state index < -0.39 is 12.5 Å². The van der Waals surface area contributed by atoms with Crippen molar-refractivity contribution in [2.45, 2.75) is 32.3 Å². The average molecular weight is 443 g/mol. The molecule has 0 fully saturated rings. The van der Waals surface area contributed by atoms with Crippen molar-refractivity contribution in [1.29, 1.82) is 0 Å². The number of carbonyl (C=O) groups excluding carboxylic acids is 1. The highest BCUT2D eigenvalue weighted by Gasteiger charge is 2.37. The molecule has 0 spiro atoms. The molecule has 0 aliphatic carbocycles. The maximum Gasteiger partial charge on any atom is 0.255 e. The van der Waals surface area contributed by atoms with Gasteiger partial charge in [-0.1, -0.05) is 45.0 Å². The van der Waals surface area contributed by atoms with Crippen LogP contribution in [0.25, 0.3) is 10.4 Å². The molecular weight excluding hydrogens is 415 g/mol. The number of thiophene rings is 1. The number of nitrogen functional groups attached to an aromatic ring is 1. The van der Waals surface area contributed by atoms with Crippen molar-refractivity contribution in [2.75, 3.05) is 17.2 Å². The van der Waals surface area contributed by atoms with E-state index in [4.69, 9.17) is 5.73 Å². The van der Waals surface area contributed by atoms with Crippen molar-refractivity contribution in [3.63, 3.8) is 0 Å². The van der Waals surface area contributed by atoms with Crippen molar-refractivity contribution in [1.82, 2.24) is 0 Å². The molecule has 3 rings (SSSR count). The number of nitrogens with two attached hydrogens (primary N) is 1. The highest BCUT2D eigenvalue weighted by atomic mass is 32.1. The monoisotopic (exact) mass is 442 g/mol. The van der Waals surface area contributed by atoms with Gasteiger partial charge in [-0.05, 0) is 53.3 Å². The molecule has 1 atom stereocenters. The predicted octanol–water partition coefficient (Wildman–Crippen LogP) is 5.86. The third-order valence-electron chi connectivity index (χ3n) is 5.33. The van der Waals surface area contributed by atoms with Crippen LogP contribution in [0.4, 0.5) is 11.4 Å². The van der Waals surface area contributed by atoms with Crippen LogP contribution in [0.3, 0.4) is 0 Å². The number of rotatable bonds is 7. The van der Waals surface area contributed by atoms with Gasteiger partial charge in [-0.25, -0.2) is 0 Å². The molecule has 0 aliphatic rings. The van der Waals surface area contributed by atoms with E-state index in [9.17, 15) is 14.3 Å². The molecule has 0 saturated carbocycles. The van der Waals surface area contributed by atoms with Crippen molar-refractivity contribution < 1.29 is 14.3 Å². The fourth-order valence-corrected chi connectivity index (χ4v) is 5.29. The first-order chi connectivity index (χ1) is 14.1. The minimum absolute atomic E-state index is 0.243. The number of anilines is 2. The van der Waals surface area contributed by atoms with Crippen LogP contribution in [0.1, 0.15) is 36.7 Å². The quantitative estimate of drug-likeness (QED) is 0.316. The first kappa shape index (κ1) is 22.3. The Balaban J connectivity index is 1.74. The summed E-state index contributed by atoms with van der Waals surface area (Å²) >= 11 is 1.62. The van der Waals surface area contributed by atoms with Crippen molar-refractivity contribution in [3.8, 4) is 10.4 Å². The molecule has 0 bridgehead atoms. The highest BCUT2D eigenvalue weighted by Crippen LogP contribution is 2.55. The van der Waals surface area contributed by atoms with Crippen LogP contribution < -0.4 is 11.1 Å². The summed E-state index contributed by atoms with van der Waals surface area (Å²) < 4.78 is 12.4. The second-order valence-corrected chi connectivity index (χ2v) is 12.1. The van der Waals surface area contributed by atoms with Crippen LogP contribution in [0.2, 0.25) is 0 Å². The van der Waals surface area contributed by atoms with Gasteiger partial charge >= 0.3 is 0 Å². The number of amides is 1. The Labute approximate surface area is 181 Å². The molecule has 5 nitrogen and oxygen atoms in total. The molecule has 1 heterocycles. The Morgan fingerprint density at radius 3 is 2.47 bits per heavy atom. The average Bonchev–Trinajstić information content (AvgIpc) is 3.24. The van der Waals surface area contributed by atoms with E-state index in [1.54, 1.807) is 50.3 Å². The fourth-order valence-electron chi connectivity index (χ4n) is 3.28. The smallest absolute Gasteiger partial charge is 0.255 e. The molecule has 7 heteroatoms. The van der Waals surface area contributed by atoms with Gasteiger partial charge in [0.2, 0.25) is 7.37 Å². The lowest BCUT2D eigenvalue weighted by atomic mass is 10.0. The molecule has 1 amide bonds. The van der Waals surface area contributed by atoms with Crippen molar-refractivity contribution in [2.24, 2.45) is 0 Å². The van der Waals surface area contributed by atoms with E-state index in [2.05, 4.69) is 5.32 Å². The molecule has 2 aromatic carbocycles. The summed E-state index contributed by atoms with van der Waals surface area (Å²) in [5.74, 6) is -0.253. The molecule has 1 aromatic heterocycles. The van der Waals surface area contributed by atoms with Crippen LogP contribution in [0.5, 0.6) is 0 Å². The van der Waals surface area contributed by atoms with Crippen molar-refractivity contribution in [3.05, 3.63) is 71.1 Å². The minimum Gasteiger partial charge on any atom is -0.397 e. The summed E-state index contributed by atoms with van der Waals surface area (Å²) in [5, 5.41) is 4.17.